The maximum absolute atomic E-state index is 6.15. The van der Waals surface area contributed by atoms with Crippen LogP contribution in [0.1, 0.15) is 16.6 Å². The molecule has 0 aliphatic heterocycles. The molecule has 1 N–H and O–H groups in total. The Kier molecular flexibility index (Phi) is 3.36. The van der Waals surface area contributed by atoms with Crippen LogP contribution in [0.4, 0.5) is 0 Å². The van der Waals surface area contributed by atoms with Crippen LogP contribution in [0, 0.1) is 0 Å². The monoisotopic (exact) mass is 238 g/mol. The van der Waals surface area contributed by atoms with Gasteiger partial charge >= 0.3 is 0 Å². The summed E-state index contributed by atoms with van der Waals surface area (Å²) in [6, 6.07) is 7.91. The molecule has 0 saturated carbocycles. The zero-order chi connectivity index (χ0) is 10.7. The van der Waals surface area contributed by atoms with Gasteiger partial charge in [0.1, 0.15) is 5.01 Å². The zero-order valence-corrected chi connectivity index (χ0v) is 9.85. The van der Waals surface area contributed by atoms with Crippen LogP contribution < -0.4 is 5.32 Å². The first kappa shape index (κ1) is 10.6. The Hall–Kier alpha value is -0.900. The second kappa shape index (κ2) is 4.75. The number of hydrogen-bond acceptors (Lipinski definition) is 3. The molecule has 4 heteroatoms. The number of nitrogens with zero attached hydrogens (tertiary/aromatic N) is 1. The lowest BCUT2D eigenvalue weighted by Gasteiger charge is -2.15. The van der Waals surface area contributed by atoms with Gasteiger partial charge in [-0.25, -0.2) is 4.98 Å². The topological polar surface area (TPSA) is 24.9 Å². The molecule has 1 aromatic carbocycles. The highest BCUT2D eigenvalue weighted by molar-refractivity contribution is 7.09. The highest BCUT2D eigenvalue weighted by atomic mass is 35.5. The van der Waals surface area contributed by atoms with Crippen molar-refractivity contribution in [2.24, 2.45) is 0 Å². The van der Waals surface area contributed by atoms with Crippen molar-refractivity contribution in [2.45, 2.75) is 6.04 Å². The van der Waals surface area contributed by atoms with E-state index in [1.165, 1.54) is 0 Å². The number of rotatable bonds is 3. The average molecular weight is 239 g/mol. The molecule has 0 aliphatic rings. The lowest BCUT2D eigenvalue weighted by molar-refractivity contribution is 0.687. The van der Waals surface area contributed by atoms with Crippen LogP contribution in [0.15, 0.2) is 35.8 Å². The van der Waals surface area contributed by atoms with Gasteiger partial charge in [-0.2, -0.15) is 0 Å². The normalized spacial score (nSPS) is 12.7. The van der Waals surface area contributed by atoms with E-state index in [2.05, 4.69) is 10.3 Å². The predicted molar refractivity (Wildman–Crippen MR) is 64.5 cm³/mol. The Bertz CT molecular complexity index is 428. The lowest BCUT2D eigenvalue weighted by atomic mass is 10.1. The van der Waals surface area contributed by atoms with Gasteiger partial charge in [-0.3, -0.25) is 0 Å². The summed E-state index contributed by atoms with van der Waals surface area (Å²) in [6.45, 7) is 0. The predicted octanol–water partition coefficient (Wildman–Crippen LogP) is 3.11. The summed E-state index contributed by atoms with van der Waals surface area (Å²) in [7, 11) is 1.91. The van der Waals surface area contributed by atoms with E-state index in [4.69, 9.17) is 11.6 Å². The molecule has 1 heterocycles. The van der Waals surface area contributed by atoms with Gasteiger partial charge in [0.2, 0.25) is 0 Å². The Morgan fingerprint density at radius 2 is 2.20 bits per heavy atom. The fraction of sp³-hybridized carbons (Fsp3) is 0.182. The number of benzene rings is 1. The van der Waals surface area contributed by atoms with Crippen molar-refractivity contribution in [1.82, 2.24) is 10.3 Å². The van der Waals surface area contributed by atoms with Crippen LogP contribution in [-0.2, 0) is 0 Å². The highest BCUT2D eigenvalue weighted by Crippen LogP contribution is 2.28. The van der Waals surface area contributed by atoms with Crippen molar-refractivity contribution in [3.63, 3.8) is 0 Å². The molecule has 15 heavy (non-hydrogen) atoms. The fourth-order valence-electron chi connectivity index (χ4n) is 1.50. The van der Waals surface area contributed by atoms with Crippen molar-refractivity contribution >= 4 is 22.9 Å². The quantitative estimate of drug-likeness (QED) is 0.889. The van der Waals surface area contributed by atoms with E-state index >= 15 is 0 Å². The first-order valence-corrected chi connectivity index (χ1v) is 5.89. The molecule has 0 radical (unpaired) electrons. The summed E-state index contributed by atoms with van der Waals surface area (Å²) < 4.78 is 0. The molecule has 0 aliphatic carbocycles. The Balaban J connectivity index is 2.40. The summed E-state index contributed by atoms with van der Waals surface area (Å²) in [5, 5.41) is 7.00. The van der Waals surface area contributed by atoms with Crippen molar-refractivity contribution in [2.75, 3.05) is 7.05 Å². The van der Waals surface area contributed by atoms with Crippen molar-refractivity contribution in [1.29, 1.82) is 0 Å². The molecular formula is C11H11ClN2S. The van der Waals surface area contributed by atoms with E-state index in [-0.39, 0.29) is 6.04 Å². The number of halogens is 1. The minimum atomic E-state index is 0.0821. The van der Waals surface area contributed by atoms with Crippen molar-refractivity contribution in [3.05, 3.63) is 51.4 Å². The first-order valence-electron chi connectivity index (χ1n) is 4.64. The van der Waals surface area contributed by atoms with Gasteiger partial charge < -0.3 is 5.32 Å². The van der Waals surface area contributed by atoms with Gasteiger partial charge in [0.15, 0.2) is 0 Å². The summed E-state index contributed by atoms with van der Waals surface area (Å²) in [5.74, 6) is 0. The molecule has 0 bridgehead atoms. The van der Waals surface area contributed by atoms with Gasteiger partial charge in [0.05, 0.1) is 6.04 Å². The summed E-state index contributed by atoms with van der Waals surface area (Å²) >= 11 is 7.78. The zero-order valence-electron chi connectivity index (χ0n) is 8.27. The van der Waals surface area contributed by atoms with Crippen molar-refractivity contribution in [3.8, 4) is 0 Å². The van der Waals surface area contributed by atoms with E-state index in [0.29, 0.717) is 0 Å². The molecule has 78 valence electrons. The molecule has 0 fully saturated rings. The van der Waals surface area contributed by atoms with E-state index in [9.17, 15) is 0 Å². The van der Waals surface area contributed by atoms with Crippen LogP contribution in [0.5, 0.6) is 0 Å². The van der Waals surface area contributed by atoms with Gasteiger partial charge in [0.25, 0.3) is 0 Å². The van der Waals surface area contributed by atoms with Gasteiger partial charge in [-0.05, 0) is 18.7 Å². The number of aromatic nitrogens is 1. The second-order valence-corrected chi connectivity index (χ2v) is 4.45. The standard InChI is InChI=1S/C11H11ClN2S/c1-13-10(11-14-6-7-15-11)8-4-2-3-5-9(8)12/h2-7,10,13H,1H3. The summed E-state index contributed by atoms with van der Waals surface area (Å²) in [6.07, 6.45) is 1.81. The third-order valence-corrected chi connectivity index (χ3v) is 3.39. The third-order valence-electron chi connectivity index (χ3n) is 2.20. The molecule has 2 aromatic rings. The van der Waals surface area contributed by atoms with Gasteiger partial charge in [0, 0.05) is 16.6 Å². The summed E-state index contributed by atoms with van der Waals surface area (Å²) in [4.78, 5) is 4.30. The minimum absolute atomic E-state index is 0.0821. The van der Waals surface area contributed by atoms with E-state index in [0.717, 1.165) is 15.6 Å². The van der Waals surface area contributed by atoms with Crippen LogP contribution in [0.25, 0.3) is 0 Å². The molecule has 2 nitrogen and oxygen atoms in total. The SMILES string of the molecule is CNC(c1nccs1)c1ccccc1Cl. The largest absolute Gasteiger partial charge is 0.307 e. The molecule has 0 saturated heterocycles. The molecule has 1 atom stereocenters. The molecule has 1 aromatic heterocycles. The Morgan fingerprint density at radius 1 is 1.40 bits per heavy atom. The second-order valence-electron chi connectivity index (χ2n) is 3.11. The lowest BCUT2D eigenvalue weighted by Crippen LogP contribution is -2.17. The number of thiazole rings is 1. The van der Waals surface area contributed by atoms with E-state index < -0.39 is 0 Å². The van der Waals surface area contributed by atoms with Gasteiger partial charge in [-0.1, -0.05) is 29.8 Å². The Labute approximate surface area is 97.9 Å². The van der Waals surface area contributed by atoms with Crippen molar-refractivity contribution < 1.29 is 0 Å². The highest BCUT2D eigenvalue weighted by Gasteiger charge is 2.16. The van der Waals surface area contributed by atoms with Gasteiger partial charge in [-0.15, -0.1) is 11.3 Å². The fourth-order valence-corrected chi connectivity index (χ4v) is 2.51. The van der Waals surface area contributed by atoms with Crippen LogP contribution in [0.2, 0.25) is 5.02 Å². The Morgan fingerprint density at radius 3 is 2.80 bits per heavy atom. The maximum atomic E-state index is 6.15. The van der Waals surface area contributed by atoms with Crippen LogP contribution in [0.3, 0.4) is 0 Å². The van der Waals surface area contributed by atoms with E-state index in [1.807, 2.05) is 36.7 Å². The van der Waals surface area contributed by atoms with Crippen LogP contribution in [-0.4, -0.2) is 12.0 Å². The minimum Gasteiger partial charge on any atom is -0.307 e. The van der Waals surface area contributed by atoms with Crippen LogP contribution >= 0.6 is 22.9 Å². The smallest absolute Gasteiger partial charge is 0.114 e. The molecular weight excluding hydrogens is 228 g/mol. The molecule has 0 amide bonds. The average Bonchev–Trinajstić information content (AvgIpc) is 2.75. The number of nitrogens with one attached hydrogen (secondary N) is 1. The molecule has 1 unspecified atom stereocenters. The third kappa shape index (κ3) is 2.20. The summed E-state index contributed by atoms with van der Waals surface area (Å²) in [5.41, 5.74) is 1.07. The molecule has 0 spiro atoms. The number of hydrogen-bond donors (Lipinski definition) is 1. The maximum Gasteiger partial charge on any atom is 0.114 e. The van der Waals surface area contributed by atoms with E-state index in [1.54, 1.807) is 17.5 Å². The molecule has 2 rings (SSSR count). The first-order chi connectivity index (χ1) is 7.33.